The molecule has 7 heteroatoms. The van der Waals surface area contributed by atoms with Crippen molar-refractivity contribution < 1.29 is 17.5 Å². The van der Waals surface area contributed by atoms with Gasteiger partial charge >= 0.3 is 0 Å². The molecule has 2 N–H and O–H groups in total. The largest absolute Gasteiger partial charge is 0.497 e. The van der Waals surface area contributed by atoms with E-state index >= 15 is 0 Å². The van der Waals surface area contributed by atoms with Crippen molar-refractivity contribution in [3.8, 4) is 5.75 Å². The standard InChI is InChI=1S/C13H17FN2O3S/c1-13(2)12(15)16-11(7-20(13,17)18)9-6-8(19-3)4-5-10(9)14/h4-6,11H,7H2,1-3H3,(H2,15,16)/t11-/m0/s1. The molecule has 5 nitrogen and oxygen atoms in total. The van der Waals surface area contributed by atoms with E-state index in [-0.39, 0.29) is 17.2 Å². The van der Waals surface area contributed by atoms with Crippen LogP contribution in [0.2, 0.25) is 0 Å². The minimum atomic E-state index is -3.51. The van der Waals surface area contributed by atoms with Crippen molar-refractivity contribution in [2.24, 2.45) is 10.7 Å². The highest BCUT2D eigenvalue weighted by Crippen LogP contribution is 2.34. The van der Waals surface area contributed by atoms with E-state index in [0.29, 0.717) is 5.75 Å². The third kappa shape index (κ3) is 2.26. The zero-order valence-electron chi connectivity index (χ0n) is 11.6. The maximum Gasteiger partial charge on any atom is 0.165 e. The lowest BCUT2D eigenvalue weighted by Gasteiger charge is -2.31. The van der Waals surface area contributed by atoms with Crippen molar-refractivity contribution in [3.05, 3.63) is 29.6 Å². The second kappa shape index (κ2) is 4.73. The second-order valence-corrected chi connectivity index (χ2v) is 7.79. The molecule has 0 fully saturated rings. The number of methoxy groups -OCH3 is 1. The zero-order chi connectivity index (χ0) is 15.1. The molecule has 0 spiro atoms. The van der Waals surface area contributed by atoms with E-state index in [1.807, 2.05) is 0 Å². The molecule has 1 aromatic carbocycles. The fourth-order valence-corrected chi connectivity index (χ4v) is 3.46. The highest BCUT2D eigenvalue weighted by Gasteiger charge is 2.44. The maximum absolute atomic E-state index is 13.9. The summed E-state index contributed by atoms with van der Waals surface area (Å²) in [7, 11) is -2.05. The van der Waals surface area contributed by atoms with Crippen LogP contribution in [0.15, 0.2) is 23.2 Å². The van der Waals surface area contributed by atoms with E-state index in [1.54, 1.807) is 0 Å². The molecule has 20 heavy (non-hydrogen) atoms. The van der Waals surface area contributed by atoms with Crippen molar-refractivity contribution in [2.75, 3.05) is 12.9 Å². The Labute approximate surface area is 117 Å². The Balaban J connectivity index is 2.53. The predicted octanol–water partition coefficient (Wildman–Crippen LogP) is 1.44. The number of amidine groups is 1. The van der Waals surface area contributed by atoms with Crippen molar-refractivity contribution in [2.45, 2.75) is 24.6 Å². The van der Waals surface area contributed by atoms with Crippen LogP contribution in [0.4, 0.5) is 4.39 Å². The average molecular weight is 300 g/mol. The number of nitrogens with zero attached hydrogens (tertiary/aromatic N) is 1. The molecule has 0 unspecified atom stereocenters. The van der Waals surface area contributed by atoms with Gasteiger partial charge in [-0.15, -0.1) is 0 Å². The van der Waals surface area contributed by atoms with Crippen molar-refractivity contribution in [1.29, 1.82) is 0 Å². The summed E-state index contributed by atoms with van der Waals surface area (Å²) < 4.78 is 42.2. The van der Waals surface area contributed by atoms with Crippen LogP contribution >= 0.6 is 0 Å². The molecule has 110 valence electrons. The number of hydrogen-bond donors (Lipinski definition) is 1. The molecule has 1 heterocycles. The summed E-state index contributed by atoms with van der Waals surface area (Å²) in [6, 6.07) is 3.30. The lowest BCUT2D eigenvalue weighted by Crippen LogP contribution is -2.50. The first-order valence-electron chi connectivity index (χ1n) is 6.08. The summed E-state index contributed by atoms with van der Waals surface area (Å²) in [6.45, 7) is 3.00. The summed E-state index contributed by atoms with van der Waals surface area (Å²) >= 11 is 0. The van der Waals surface area contributed by atoms with Crippen LogP contribution in [-0.2, 0) is 9.84 Å². The molecule has 0 aliphatic carbocycles. The van der Waals surface area contributed by atoms with E-state index in [2.05, 4.69) is 4.99 Å². The minimum absolute atomic E-state index is 0.00373. The number of hydrogen-bond acceptors (Lipinski definition) is 5. The lowest BCUT2D eigenvalue weighted by atomic mass is 10.1. The van der Waals surface area contributed by atoms with Gasteiger partial charge in [0.2, 0.25) is 0 Å². The molecule has 0 saturated carbocycles. The van der Waals surface area contributed by atoms with Crippen molar-refractivity contribution in [1.82, 2.24) is 0 Å². The predicted molar refractivity (Wildman–Crippen MR) is 75.2 cm³/mol. The van der Waals surface area contributed by atoms with Gasteiger partial charge in [-0.25, -0.2) is 12.8 Å². The molecular weight excluding hydrogens is 283 g/mol. The molecule has 1 aliphatic rings. The summed E-state index contributed by atoms with van der Waals surface area (Å²) in [5, 5.41) is 0. The average Bonchev–Trinajstić information content (AvgIpc) is 2.36. The third-order valence-corrected chi connectivity index (χ3v) is 6.15. The number of benzene rings is 1. The Morgan fingerprint density at radius 3 is 2.65 bits per heavy atom. The molecular formula is C13H17FN2O3S. The fourth-order valence-electron chi connectivity index (χ4n) is 2.00. The quantitative estimate of drug-likeness (QED) is 0.896. The lowest BCUT2D eigenvalue weighted by molar-refractivity contribution is 0.412. The first-order valence-corrected chi connectivity index (χ1v) is 7.74. The molecule has 1 aliphatic heterocycles. The van der Waals surface area contributed by atoms with E-state index in [0.717, 1.165) is 0 Å². The molecule has 2 rings (SSSR count). The number of aliphatic imine (C=N–C) groups is 1. The first-order chi connectivity index (χ1) is 9.19. The number of ether oxygens (including phenoxy) is 1. The topological polar surface area (TPSA) is 81.8 Å². The Hall–Kier alpha value is -1.63. The third-order valence-electron chi connectivity index (χ3n) is 3.63. The monoisotopic (exact) mass is 300 g/mol. The van der Waals surface area contributed by atoms with Crippen LogP contribution in [0.25, 0.3) is 0 Å². The molecule has 0 radical (unpaired) electrons. The summed E-state index contributed by atoms with van der Waals surface area (Å²) in [4.78, 5) is 4.16. The van der Waals surface area contributed by atoms with Crippen LogP contribution in [-0.4, -0.2) is 31.9 Å². The van der Waals surface area contributed by atoms with Crippen molar-refractivity contribution in [3.63, 3.8) is 0 Å². The smallest absolute Gasteiger partial charge is 0.165 e. The summed E-state index contributed by atoms with van der Waals surface area (Å²) in [6.07, 6.45) is 0. The fraction of sp³-hybridized carbons (Fsp3) is 0.462. The number of nitrogens with two attached hydrogens (primary N) is 1. The van der Waals surface area contributed by atoms with Gasteiger partial charge in [0, 0.05) is 5.56 Å². The first kappa shape index (κ1) is 14.8. The van der Waals surface area contributed by atoms with Crippen LogP contribution in [0.3, 0.4) is 0 Å². The van der Waals surface area contributed by atoms with Gasteiger partial charge in [-0.2, -0.15) is 0 Å². The molecule has 0 saturated heterocycles. The number of halogens is 1. The zero-order valence-corrected chi connectivity index (χ0v) is 12.4. The summed E-state index contributed by atoms with van der Waals surface area (Å²) in [5.41, 5.74) is 5.93. The van der Waals surface area contributed by atoms with Gasteiger partial charge in [0.1, 0.15) is 22.1 Å². The van der Waals surface area contributed by atoms with E-state index in [9.17, 15) is 12.8 Å². The van der Waals surface area contributed by atoms with Crippen LogP contribution < -0.4 is 10.5 Å². The molecule has 1 atom stereocenters. The van der Waals surface area contributed by atoms with Crippen LogP contribution in [0.1, 0.15) is 25.5 Å². The molecule has 0 bridgehead atoms. The Morgan fingerprint density at radius 2 is 2.10 bits per heavy atom. The van der Waals surface area contributed by atoms with Crippen LogP contribution in [0.5, 0.6) is 5.75 Å². The number of sulfone groups is 1. The minimum Gasteiger partial charge on any atom is -0.497 e. The van der Waals surface area contributed by atoms with E-state index in [4.69, 9.17) is 10.5 Å². The van der Waals surface area contributed by atoms with Gasteiger partial charge in [-0.3, -0.25) is 4.99 Å². The molecule has 0 aromatic heterocycles. The Bertz CT molecular complexity index is 668. The Kier molecular flexibility index (Phi) is 3.49. The van der Waals surface area contributed by atoms with Crippen molar-refractivity contribution >= 4 is 15.7 Å². The maximum atomic E-state index is 13.9. The Morgan fingerprint density at radius 1 is 1.45 bits per heavy atom. The van der Waals surface area contributed by atoms with Gasteiger partial charge in [0.15, 0.2) is 9.84 Å². The van der Waals surface area contributed by atoms with Gasteiger partial charge in [-0.05, 0) is 32.0 Å². The number of rotatable bonds is 2. The highest BCUT2D eigenvalue weighted by atomic mass is 32.2. The van der Waals surface area contributed by atoms with Gasteiger partial charge < -0.3 is 10.5 Å². The van der Waals surface area contributed by atoms with Gasteiger partial charge in [0.05, 0.1) is 18.9 Å². The van der Waals surface area contributed by atoms with Crippen LogP contribution in [0, 0.1) is 5.82 Å². The molecule has 0 amide bonds. The highest BCUT2D eigenvalue weighted by molar-refractivity contribution is 7.93. The SMILES string of the molecule is COc1ccc(F)c([C@@H]2CS(=O)(=O)C(C)(C)C(N)=N2)c1. The van der Waals surface area contributed by atoms with Gasteiger partial charge in [0.25, 0.3) is 0 Å². The normalized spacial score (nSPS) is 24.0. The van der Waals surface area contributed by atoms with E-state index in [1.165, 1.54) is 39.2 Å². The second-order valence-electron chi connectivity index (χ2n) is 5.21. The van der Waals surface area contributed by atoms with Gasteiger partial charge in [-0.1, -0.05) is 0 Å². The summed E-state index contributed by atoms with van der Waals surface area (Å²) in [5.74, 6) is -0.360. The van der Waals surface area contributed by atoms with E-state index < -0.39 is 26.4 Å². The molecule has 1 aromatic rings.